The molecule has 0 aliphatic heterocycles. The first-order valence-corrected chi connectivity index (χ1v) is 10.4. The zero-order chi connectivity index (χ0) is 19.5. The molecule has 1 saturated carbocycles. The van der Waals surface area contributed by atoms with Crippen molar-refractivity contribution < 1.29 is 9.18 Å². The van der Waals surface area contributed by atoms with Gasteiger partial charge in [0.2, 0.25) is 11.1 Å². The van der Waals surface area contributed by atoms with E-state index in [0.717, 1.165) is 24.4 Å². The number of rotatable bonds is 7. The van der Waals surface area contributed by atoms with Gasteiger partial charge in [0, 0.05) is 18.2 Å². The summed E-state index contributed by atoms with van der Waals surface area (Å²) in [5.74, 6) is 1.28. The Morgan fingerprint density at radius 2 is 1.89 bits per heavy atom. The van der Waals surface area contributed by atoms with Gasteiger partial charge >= 0.3 is 0 Å². The van der Waals surface area contributed by atoms with Crippen LogP contribution in [0.3, 0.4) is 0 Å². The average Bonchev–Trinajstić information content (AvgIpc) is 3.48. The summed E-state index contributed by atoms with van der Waals surface area (Å²) in [7, 11) is 0. The van der Waals surface area contributed by atoms with Gasteiger partial charge in [0.1, 0.15) is 11.6 Å². The molecule has 144 valence electrons. The third-order valence-electron chi connectivity index (χ3n) is 4.64. The molecule has 0 atom stereocenters. The maximum absolute atomic E-state index is 13.1. The van der Waals surface area contributed by atoms with Crippen LogP contribution in [0.25, 0.3) is 5.69 Å². The number of nitrogens with zero attached hydrogens (tertiary/aromatic N) is 4. The number of aromatic nitrogens is 3. The van der Waals surface area contributed by atoms with Crippen LogP contribution in [0.2, 0.25) is 0 Å². The van der Waals surface area contributed by atoms with Crippen LogP contribution in [0.1, 0.15) is 31.5 Å². The number of hydrogen-bond donors (Lipinski definition) is 0. The highest BCUT2D eigenvalue weighted by Gasteiger charge is 2.30. The molecule has 28 heavy (non-hydrogen) atoms. The molecule has 1 amide bonds. The minimum atomic E-state index is -0.315. The summed E-state index contributed by atoms with van der Waals surface area (Å²) in [6.07, 6.45) is 2.26. The number of benzene rings is 2. The van der Waals surface area contributed by atoms with Crippen LogP contribution < -0.4 is 4.90 Å². The molecular formula is C21H21FN4OS. The summed E-state index contributed by atoms with van der Waals surface area (Å²) < 4.78 is 15.0. The van der Waals surface area contributed by atoms with E-state index in [1.807, 2.05) is 41.9 Å². The zero-order valence-electron chi connectivity index (χ0n) is 15.6. The molecular weight excluding hydrogens is 375 g/mol. The van der Waals surface area contributed by atoms with E-state index in [1.165, 1.54) is 23.9 Å². The van der Waals surface area contributed by atoms with Crippen molar-refractivity contribution in [1.29, 1.82) is 0 Å². The van der Waals surface area contributed by atoms with Gasteiger partial charge in [-0.15, -0.1) is 5.10 Å². The highest BCUT2D eigenvalue weighted by atomic mass is 32.2. The third kappa shape index (κ3) is 4.09. The second-order valence-corrected chi connectivity index (χ2v) is 7.62. The second-order valence-electron chi connectivity index (χ2n) is 6.68. The third-order valence-corrected chi connectivity index (χ3v) is 5.46. The smallest absolute Gasteiger partial charge is 0.237 e. The Morgan fingerprint density at radius 3 is 2.54 bits per heavy atom. The number of hydrogen-bond acceptors (Lipinski definition) is 4. The Labute approximate surface area is 167 Å². The molecule has 1 heterocycles. The van der Waals surface area contributed by atoms with Crippen molar-refractivity contribution >= 4 is 23.4 Å². The molecule has 1 fully saturated rings. The van der Waals surface area contributed by atoms with Crippen LogP contribution in [0.5, 0.6) is 0 Å². The predicted octanol–water partition coefficient (Wildman–Crippen LogP) is 4.43. The quantitative estimate of drug-likeness (QED) is 0.555. The number of thioether (sulfide) groups is 1. The number of carbonyl (C=O) groups is 1. The van der Waals surface area contributed by atoms with Crippen molar-refractivity contribution in [1.82, 2.24) is 14.8 Å². The SMILES string of the molecule is CCN(C(=O)CSc1nc(C2CC2)n(-c2ccccc2)n1)c1ccc(F)cc1. The molecule has 0 N–H and O–H groups in total. The van der Waals surface area contributed by atoms with Crippen molar-refractivity contribution in [2.24, 2.45) is 0 Å². The van der Waals surface area contributed by atoms with Crippen molar-refractivity contribution in [3.05, 3.63) is 66.2 Å². The summed E-state index contributed by atoms with van der Waals surface area (Å²) in [5.41, 5.74) is 1.67. The summed E-state index contributed by atoms with van der Waals surface area (Å²) in [6.45, 7) is 2.42. The molecule has 4 rings (SSSR count). The Morgan fingerprint density at radius 1 is 1.18 bits per heavy atom. The summed E-state index contributed by atoms with van der Waals surface area (Å²) in [4.78, 5) is 19.0. The van der Waals surface area contributed by atoms with Gasteiger partial charge < -0.3 is 4.90 Å². The van der Waals surface area contributed by atoms with Crippen molar-refractivity contribution in [3.8, 4) is 5.69 Å². The van der Waals surface area contributed by atoms with E-state index in [1.54, 1.807) is 17.0 Å². The fourth-order valence-electron chi connectivity index (χ4n) is 3.06. The van der Waals surface area contributed by atoms with E-state index in [0.29, 0.717) is 23.3 Å². The molecule has 0 spiro atoms. The standard InChI is InChI=1S/C21H21FN4OS/c1-2-25(17-12-10-16(22)11-13-17)19(27)14-28-21-23-20(15-8-9-15)26(24-21)18-6-4-3-5-7-18/h3-7,10-13,15H,2,8-9,14H2,1H3. The van der Waals surface area contributed by atoms with E-state index >= 15 is 0 Å². The Bertz CT molecular complexity index is 954. The summed E-state index contributed by atoms with van der Waals surface area (Å²) in [5, 5.41) is 5.24. The second kappa shape index (κ2) is 8.14. The van der Waals surface area contributed by atoms with Crippen molar-refractivity contribution in [2.75, 3.05) is 17.2 Å². The van der Waals surface area contributed by atoms with Gasteiger partial charge in [-0.05, 0) is 56.2 Å². The molecule has 0 unspecified atom stereocenters. The van der Waals surface area contributed by atoms with Gasteiger partial charge in [-0.3, -0.25) is 4.79 Å². The minimum Gasteiger partial charge on any atom is -0.312 e. The Balaban J connectivity index is 1.48. The molecule has 3 aromatic rings. The van der Waals surface area contributed by atoms with Crippen LogP contribution in [0, 0.1) is 5.82 Å². The number of amides is 1. The highest BCUT2D eigenvalue weighted by molar-refractivity contribution is 7.99. The number of carbonyl (C=O) groups excluding carboxylic acids is 1. The number of anilines is 1. The summed E-state index contributed by atoms with van der Waals surface area (Å²) >= 11 is 1.34. The van der Waals surface area contributed by atoms with Gasteiger partial charge in [-0.1, -0.05) is 30.0 Å². The van der Waals surface area contributed by atoms with E-state index in [2.05, 4.69) is 10.1 Å². The van der Waals surface area contributed by atoms with Gasteiger partial charge in [-0.2, -0.15) is 0 Å². The first-order chi connectivity index (χ1) is 13.7. The molecule has 2 aromatic carbocycles. The maximum Gasteiger partial charge on any atom is 0.237 e. The first kappa shape index (κ1) is 18.7. The first-order valence-electron chi connectivity index (χ1n) is 9.37. The van der Waals surface area contributed by atoms with E-state index < -0.39 is 0 Å². The van der Waals surface area contributed by atoms with Gasteiger partial charge in [0.25, 0.3) is 0 Å². The molecule has 7 heteroatoms. The van der Waals surface area contributed by atoms with E-state index in [4.69, 9.17) is 0 Å². The van der Waals surface area contributed by atoms with Crippen LogP contribution in [-0.2, 0) is 4.79 Å². The molecule has 0 saturated heterocycles. The molecule has 1 aromatic heterocycles. The number of halogens is 1. The van der Waals surface area contributed by atoms with E-state index in [9.17, 15) is 9.18 Å². The normalized spacial score (nSPS) is 13.5. The van der Waals surface area contributed by atoms with Gasteiger partial charge in [0.05, 0.1) is 11.4 Å². The number of para-hydroxylation sites is 1. The van der Waals surface area contributed by atoms with E-state index in [-0.39, 0.29) is 17.5 Å². The highest BCUT2D eigenvalue weighted by Crippen LogP contribution is 2.40. The minimum absolute atomic E-state index is 0.0526. The molecule has 1 aliphatic carbocycles. The van der Waals surface area contributed by atoms with Crippen LogP contribution in [0.4, 0.5) is 10.1 Å². The Kier molecular flexibility index (Phi) is 5.43. The lowest BCUT2D eigenvalue weighted by Gasteiger charge is -2.20. The average molecular weight is 396 g/mol. The Hall–Kier alpha value is -2.67. The van der Waals surface area contributed by atoms with Gasteiger partial charge in [0.15, 0.2) is 0 Å². The summed E-state index contributed by atoms with van der Waals surface area (Å²) in [6, 6.07) is 15.9. The largest absolute Gasteiger partial charge is 0.312 e. The lowest BCUT2D eigenvalue weighted by Crippen LogP contribution is -2.32. The zero-order valence-corrected chi connectivity index (χ0v) is 16.4. The molecule has 0 bridgehead atoms. The molecule has 1 aliphatic rings. The maximum atomic E-state index is 13.1. The fraction of sp³-hybridized carbons (Fsp3) is 0.286. The lowest BCUT2D eigenvalue weighted by molar-refractivity contribution is -0.116. The molecule has 0 radical (unpaired) electrons. The fourth-order valence-corrected chi connectivity index (χ4v) is 3.76. The van der Waals surface area contributed by atoms with Crippen LogP contribution in [0.15, 0.2) is 59.8 Å². The van der Waals surface area contributed by atoms with Crippen LogP contribution >= 0.6 is 11.8 Å². The predicted molar refractivity (Wildman–Crippen MR) is 108 cm³/mol. The van der Waals surface area contributed by atoms with Crippen LogP contribution in [-0.4, -0.2) is 33.0 Å². The molecule has 5 nitrogen and oxygen atoms in total. The topological polar surface area (TPSA) is 51.0 Å². The van der Waals surface area contributed by atoms with Crippen molar-refractivity contribution in [3.63, 3.8) is 0 Å². The van der Waals surface area contributed by atoms with Gasteiger partial charge in [-0.25, -0.2) is 14.1 Å². The van der Waals surface area contributed by atoms with Crippen molar-refractivity contribution in [2.45, 2.75) is 30.8 Å². The monoisotopic (exact) mass is 396 g/mol. The lowest BCUT2D eigenvalue weighted by atomic mass is 10.3.